The maximum atomic E-state index is 13.6. The smallest absolute Gasteiger partial charge is 0.335 e. The van der Waals surface area contributed by atoms with Crippen molar-refractivity contribution in [3.8, 4) is 0 Å². The van der Waals surface area contributed by atoms with Crippen LogP contribution < -0.4 is 9.62 Å². The van der Waals surface area contributed by atoms with Crippen LogP contribution in [-0.2, 0) is 10.0 Å². The van der Waals surface area contributed by atoms with Crippen LogP contribution in [0.3, 0.4) is 0 Å². The van der Waals surface area contributed by atoms with Crippen LogP contribution in [0.25, 0.3) is 0 Å². The summed E-state index contributed by atoms with van der Waals surface area (Å²) in [7, 11) is -4.09. The molecule has 0 aromatic heterocycles. The Labute approximate surface area is 164 Å². The number of rotatable bonds is 5. The third kappa shape index (κ3) is 4.27. The Morgan fingerprint density at radius 3 is 2.50 bits per heavy atom. The molecule has 0 bridgehead atoms. The van der Waals surface area contributed by atoms with Gasteiger partial charge in [0.05, 0.1) is 21.8 Å². The van der Waals surface area contributed by atoms with E-state index in [-0.39, 0.29) is 16.1 Å². The van der Waals surface area contributed by atoms with Crippen LogP contribution >= 0.6 is 0 Å². The van der Waals surface area contributed by atoms with Crippen LogP contribution in [0.2, 0.25) is 0 Å². The largest absolute Gasteiger partial charge is 0.478 e. The van der Waals surface area contributed by atoms with Crippen LogP contribution in [0.15, 0.2) is 41.3 Å². The van der Waals surface area contributed by atoms with Crippen molar-refractivity contribution in [1.29, 1.82) is 0 Å². The number of hydrogen-bond acceptors (Lipinski definition) is 4. The van der Waals surface area contributed by atoms with Crippen LogP contribution in [0, 0.1) is 18.7 Å². The second-order valence-electron chi connectivity index (χ2n) is 7.22. The molecule has 28 heavy (non-hydrogen) atoms. The van der Waals surface area contributed by atoms with E-state index in [1.165, 1.54) is 24.3 Å². The van der Waals surface area contributed by atoms with Crippen molar-refractivity contribution >= 4 is 27.4 Å². The van der Waals surface area contributed by atoms with Crippen LogP contribution in [0.5, 0.6) is 0 Å². The lowest BCUT2D eigenvalue weighted by atomic mass is 9.98. The lowest BCUT2D eigenvalue weighted by molar-refractivity contribution is 0.0697. The molecule has 0 atom stereocenters. The molecule has 1 heterocycles. The Morgan fingerprint density at radius 1 is 1.18 bits per heavy atom. The number of aryl methyl sites for hydroxylation is 1. The fourth-order valence-corrected chi connectivity index (χ4v) is 4.66. The van der Waals surface area contributed by atoms with Gasteiger partial charge in [-0.15, -0.1) is 0 Å². The number of anilines is 2. The average molecular weight is 406 g/mol. The summed E-state index contributed by atoms with van der Waals surface area (Å²) in [4.78, 5) is 13.2. The number of piperidine rings is 1. The second kappa shape index (κ2) is 7.79. The van der Waals surface area contributed by atoms with Gasteiger partial charge in [0.1, 0.15) is 5.82 Å². The number of sulfonamides is 1. The Balaban J connectivity index is 2.02. The molecule has 0 amide bonds. The Bertz CT molecular complexity index is 999. The zero-order valence-electron chi connectivity index (χ0n) is 15.8. The summed E-state index contributed by atoms with van der Waals surface area (Å²) in [6.07, 6.45) is 1.94. The van der Waals surface area contributed by atoms with Gasteiger partial charge in [0, 0.05) is 13.1 Å². The lowest BCUT2D eigenvalue weighted by Gasteiger charge is -2.33. The van der Waals surface area contributed by atoms with E-state index in [4.69, 9.17) is 0 Å². The summed E-state index contributed by atoms with van der Waals surface area (Å²) in [6, 6.07) is 7.93. The number of carboxylic acids is 1. The van der Waals surface area contributed by atoms with E-state index in [1.54, 1.807) is 13.0 Å². The molecule has 1 saturated heterocycles. The van der Waals surface area contributed by atoms with Gasteiger partial charge in [0.2, 0.25) is 0 Å². The quantitative estimate of drug-likeness (QED) is 0.787. The number of nitrogens with zero attached hydrogens (tertiary/aromatic N) is 1. The first-order valence-corrected chi connectivity index (χ1v) is 10.6. The van der Waals surface area contributed by atoms with Crippen molar-refractivity contribution in [3.05, 3.63) is 53.3 Å². The topological polar surface area (TPSA) is 86.7 Å². The summed E-state index contributed by atoms with van der Waals surface area (Å²) < 4.78 is 41.9. The molecule has 1 aliphatic rings. The molecular weight excluding hydrogens is 383 g/mol. The van der Waals surface area contributed by atoms with Gasteiger partial charge >= 0.3 is 5.97 Å². The van der Waals surface area contributed by atoms with Gasteiger partial charge in [-0.1, -0.05) is 13.0 Å². The van der Waals surface area contributed by atoms with Crippen LogP contribution in [0.4, 0.5) is 15.8 Å². The fourth-order valence-electron chi connectivity index (χ4n) is 3.34. The molecule has 1 aliphatic heterocycles. The normalized spacial score (nSPS) is 15.5. The van der Waals surface area contributed by atoms with Crippen molar-refractivity contribution < 1.29 is 22.7 Å². The molecule has 0 aliphatic carbocycles. The Morgan fingerprint density at radius 2 is 1.86 bits per heavy atom. The van der Waals surface area contributed by atoms with Gasteiger partial charge < -0.3 is 10.0 Å². The number of carboxylic acid groups (broad SMARTS) is 1. The predicted molar refractivity (Wildman–Crippen MR) is 106 cm³/mol. The fraction of sp³-hybridized carbons (Fsp3) is 0.350. The van der Waals surface area contributed by atoms with Gasteiger partial charge in [0.25, 0.3) is 10.0 Å². The Kier molecular flexibility index (Phi) is 5.60. The van der Waals surface area contributed by atoms with Gasteiger partial charge in [-0.3, -0.25) is 4.72 Å². The highest BCUT2D eigenvalue weighted by atomic mass is 32.2. The number of halogens is 1. The highest BCUT2D eigenvalue weighted by Gasteiger charge is 2.24. The molecular formula is C20H23FN2O4S. The minimum Gasteiger partial charge on any atom is -0.478 e. The maximum absolute atomic E-state index is 13.6. The van der Waals surface area contributed by atoms with Gasteiger partial charge in [-0.25, -0.2) is 17.6 Å². The molecule has 2 aromatic carbocycles. The number of carbonyl (C=O) groups is 1. The summed E-state index contributed by atoms with van der Waals surface area (Å²) in [6.45, 7) is 5.25. The molecule has 0 radical (unpaired) electrons. The predicted octanol–water partition coefficient (Wildman–Crippen LogP) is 3.87. The third-order valence-electron chi connectivity index (χ3n) is 5.05. The first kappa shape index (κ1) is 20.1. The molecule has 0 unspecified atom stereocenters. The van der Waals surface area contributed by atoms with Crippen LogP contribution in [0.1, 0.15) is 35.7 Å². The van der Waals surface area contributed by atoms with Crippen molar-refractivity contribution in [2.24, 2.45) is 5.92 Å². The zero-order valence-corrected chi connectivity index (χ0v) is 16.6. The zero-order chi connectivity index (χ0) is 20.5. The van der Waals surface area contributed by atoms with E-state index in [9.17, 15) is 22.7 Å². The lowest BCUT2D eigenvalue weighted by Crippen LogP contribution is -2.33. The summed E-state index contributed by atoms with van der Waals surface area (Å²) in [5, 5.41) is 9.30. The van der Waals surface area contributed by atoms with Crippen molar-refractivity contribution in [2.75, 3.05) is 22.7 Å². The molecule has 1 fully saturated rings. The number of aromatic carboxylic acids is 1. The van der Waals surface area contributed by atoms with Gasteiger partial charge in [-0.05, 0) is 61.6 Å². The summed E-state index contributed by atoms with van der Waals surface area (Å²) >= 11 is 0. The van der Waals surface area contributed by atoms with E-state index in [2.05, 4.69) is 11.6 Å². The summed E-state index contributed by atoms with van der Waals surface area (Å²) in [5.74, 6) is -1.22. The molecule has 2 aromatic rings. The highest BCUT2D eigenvalue weighted by Crippen LogP contribution is 2.33. The first-order chi connectivity index (χ1) is 13.2. The highest BCUT2D eigenvalue weighted by molar-refractivity contribution is 7.92. The molecule has 0 spiro atoms. The van der Waals surface area contributed by atoms with Crippen molar-refractivity contribution in [3.63, 3.8) is 0 Å². The summed E-state index contributed by atoms with van der Waals surface area (Å²) in [5.41, 5.74) is 1.17. The van der Waals surface area contributed by atoms with E-state index in [0.29, 0.717) is 17.2 Å². The molecule has 150 valence electrons. The first-order valence-electron chi connectivity index (χ1n) is 9.08. The Hall–Kier alpha value is -2.61. The minimum absolute atomic E-state index is 0.0252. The van der Waals surface area contributed by atoms with Crippen molar-refractivity contribution in [1.82, 2.24) is 0 Å². The van der Waals surface area contributed by atoms with Crippen LogP contribution in [-0.4, -0.2) is 32.6 Å². The van der Waals surface area contributed by atoms with E-state index >= 15 is 0 Å². The number of hydrogen-bond donors (Lipinski definition) is 2. The minimum atomic E-state index is -4.09. The molecule has 3 rings (SSSR count). The average Bonchev–Trinajstić information content (AvgIpc) is 2.64. The molecule has 0 saturated carbocycles. The second-order valence-corrected chi connectivity index (χ2v) is 8.87. The van der Waals surface area contributed by atoms with E-state index in [0.717, 1.165) is 32.0 Å². The van der Waals surface area contributed by atoms with E-state index in [1.807, 2.05) is 4.90 Å². The molecule has 6 nitrogen and oxygen atoms in total. The SMILES string of the molecule is Cc1ccc(F)cc1S(=O)(=O)Nc1cc(C(=O)O)ccc1N1CCC(C)CC1. The third-order valence-corrected chi connectivity index (χ3v) is 6.56. The number of benzene rings is 2. The molecule has 8 heteroatoms. The maximum Gasteiger partial charge on any atom is 0.335 e. The van der Waals surface area contributed by atoms with Crippen molar-refractivity contribution in [2.45, 2.75) is 31.6 Å². The number of nitrogens with one attached hydrogen (secondary N) is 1. The standard InChI is InChI=1S/C20H23FN2O4S/c1-13-7-9-23(10-8-13)18-6-4-15(20(24)25)11-17(18)22-28(26,27)19-12-16(21)5-3-14(19)2/h3-6,11-13,22H,7-10H2,1-2H3,(H,24,25). The monoisotopic (exact) mass is 406 g/mol. The van der Waals surface area contributed by atoms with Gasteiger partial charge in [-0.2, -0.15) is 0 Å². The molecule has 2 N–H and O–H groups in total. The van der Waals surface area contributed by atoms with E-state index < -0.39 is 21.8 Å². The van der Waals surface area contributed by atoms with Gasteiger partial charge in [0.15, 0.2) is 0 Å².